The van der Waals surface area contributed by atoms with Crippen molar-refractivity contribution in [1.29, 1.82) is 0 Å². The Bertz CT molecular complexity index is 415. The Balaban J connectivity index is 3.12. The summed E-state index contributed by atoms with van der Waals surface area (Å²) in [5.41, 5.74) is -0.941. The Labute approximate surface area is 107 Å². The first kappa shape index (κ1) is 15.8. The minimum absolute atomic E-state index is 0.181. The molecule has 108 valence electrons. The zero-order chi connectivity index (χ0) is 14.6. The fourth-order valence-electron chi connectivity index (χ4n) is 1.53. The van der Waals surface area contributed by atoms with Crippen molar-refractivity contribution in [3.05, 3.63) is 34.6 Å². The molecule has 0 spiro atoms. The van der Waals surface area contributed by atoms with E-state index in [1.807, 2.05) is 0 Å². The highest BCUT2D eigenvalue weighted by atomic mass is 19.2. The van der Waals surface area contributed by atoms with Crippen molar-refractivity contribution in [3.63, 3.8) is 0 Å². The fraction of sp³-hybridized carbons (Fsp3) is 0.500. The van der Waals surface area contributed by atoms with Crippen molar-refractivity contribution < 1.29 is 31.4 Å². The van der Waals surface area contributed by atoms with Crippen LogP contribution in [0.4, 0.5) is 22.0 Å². The van der Waals surface area contributed by atoms with Crippen LogP contribution in [0.25, 0.3) is 0 Å². The summed E-state index contributed by atoms with van der Waals surface area (Å²) in [5, 5.41) is 0. The molecule has 0 amide bonds. The second-order valence-electron chi connectivity index (χ2n) is 3.59. The maximum atomic E-state index is 13.4. The number of ether oxygens (including phenoxy) is 2. The standard InChI is InChI=1S/C12H13F5O2/c1-3-18-7(19-4-2)5-6-8(13)10(15)12(17)11(16)9(6)14/h7H,3-5H2,1-2H3. The molecule has 0 radical (unpaired) electrons. The molecule has 1 aromatic rings. The summed E-state index contributed by atoms with van der Waals surface area (Å²) in [7, 11) is 0. The van der Waals surface area contributed by atoms with Gasteiger partial charge in [-0.2, -0.15) is 0 Å². The maximum Gasteiger partial charge on any atom is 0.200 e. The Kier molecular flexibility index (Phi) is 5.68. The number of rotatable bonds is 6. The third-order valence-corrected chi connectivity index (χ3v) is 2.38. The van der Waals surface area contributed by atoms with Gasteiger partial charge in [0.1, 0.15) is 0 Å². The monoisotopic (exact) mass is 284 g/mol. The largest absolute Gasteiger partial charge is 0.353 e. The van der Waals surface area contributed by atoms with Gasteiger partial charge >= 0.3 is 0 Å². The normalized spacial score (nSPS) is 11.4. The van der Waals surface area contributed by atoms with E-state index in [2.05, 4.69) is 0 Å². The molecule has 0 unspecified atom stereocenters. The van der Waals surface area contributed by atoms with Gasteiger partial charge in [-0.1, -0.05) is 0 Å². The van der Waals surface area contributed by atoms with Crippen LogP contribution in [0.1, 0.15) is 19.4 Å². The molecule has 0 heterocycles. The van der Waals surface area contributed by atoms with Gasteiger partial charge in [0.05, 0.1) is 0 Å². The Morgan fingerprint density at radius 2 is 1.11 bits per heavy atom. The van der Waals surface area contributed by atoms with Crippen LogP contribution in [0.5, 0.6) is 0 Å². The lowest BCUT2D eigenvalue weighted by molar-refractivity contribution is -0.135. The van der Waals surface area contributed by atoms with Crippen LogP contribution in [-0.4, -0.2) is 19.5 Å². The van der Waals surface area contributed by atoms with E-state index in [1.54, 1.807) is 13.8 Å². The third kappa shape index (κ3) is 3.42. The average molecular weight is 284 g/mol. The molecule has 0 saturated carbocycles. The fourth-order valence-corrected chi connectivity index (χ4v) is 1.53. The van der Waals surface area contributed by atoms with E-state index in [4.69, 9.17) is 9.47 Å². The van der Waals surface area contributed by atoms with Crippen LogP contribution < -0.4 is 0 Å². The molecule has 1 aromatic carbocycles. The molecule has 0 aromatic heterocycles. The molecule has 0 bridgehead atoms. The highest BCUT2D eigenvalue weighted by Crippen LogP contribution is 2.24. The molecule has 0 saturated heterocycles. The predicted octanol–water partition coefficient (Wildman–Crippen LogP) is 3.32. The van der Waals surface area contributed by atoms with Crippen LogP contribution in [0.2, 0.25) is 0 Å². The predicted molar refractivity (Wildman–Crippen MR) is 57.0 cm³/mol. The van der Waals surface area contributed by atoms with Crippen molar-refractivity contribution in [2.24, 2.45) is 0 Å². The molecule has 0 aliphatic rings. The van der Waals surface area contributed by atoms with Crippen LogP contribution in [-0.2, 0) is 15.9 Å². The smallest absolute Gasteiger partial charge is 0.200 e. The molecular weight excluding hydrogens is 271 g/mol. The topological polar surface area (TPSA) is 18.5 Å². The summed E-state index contributed by atoms with van der Waals surface area (Å²) in [6, 6.07) is 0. The number of benzene rings is 1. The molecule has 0 aliphatic carbocycles. The van der Waals surface area contributed by atoms with Crippen LogP contribution >= 0.6 is 0 Å². The molecule has 0 aliphatic heterocycles. The van der Waals surface area contributed by atoms with E-state index < -0.39 is 47.4 Å². The number of hydrogen-bond acceptors (Lipinski definition) is 2. The summed E-state index contributed by atoms with van der Waals surface area (Å²) in [6.45, 7) is 3.59. The third-order valence-electron chi connectivity index (χ3n) is 2.38. The summed E-state index contributed by atoms with van der Waals surface area (Å²) >= 11 is 0. The second kappa shape index (κ2) is 6.81. The zero-order valence-corrected chi connectivity index (χ0v) is 10.4. The van der Waals surface area contributed by atoms with Gasteiger partial charge < -0.3 is 9.47 Å². The highest BCUT2D eigenvalue weighted by Gasteiger charge is 2.27. The second-order valence-corrected chi connectivity index (χ2v) is 3.59. The first-order valence-electron chi connectivity index (χ1n) is 5.67. The molecule has 1 rings (SSSR count). The highest BCUT2D eigenvalue weighted by molar-refractivity contribution is 5.24. The lowest BCUT2D eigenvalue weighted by Crippen LogP contribution is -2.22. The van der Waals surface area contributed by atoms with Gasteiger partial charge in [-0.25, -0.2) is 22.0 Å². The summed E-state index contributed by atoms with van der Waals surface area (Å²) in [4.78, 5) is 0. The minimum atomic E-state index is -2.18. The van der Waals surface area contributed by atoms with Crippen molar-refractivity contribution >= 4 is 0 Å². The molecule has 0 atom stereocenters. The van der Waals surface area contributed by atoms with Gasteiger partial charge in [0.15, 0.2) is 29.6 Å². The molecule has 0 fully saturated rings. The van der Waals surface area contributed by atoms with Crippen LogP contribution in [0.3, 0.4) is 0 Å². The Morgan fingerprint density at radius 1 is 0.737 bits per heavy atom. The first-order chi connectivity index (χ1) is 8.93. The molecule has 7 heteroatoms. The quantitative estimate of drug-likeness (QED) is 0.345. The average Bonchev–Trinajstić information content (AvgIpc) is 2.39. The van der Waals surface area contributed by atoms with Gasteiger partial charge in [0.2, 0.25) is 5.82 Å². The molecule has 19 heavy (non-hydrogen) atoms. The van der Waals surface area contributed by atoms with Gasteiger partial charge in [0, 0.05) is 25.2 Å². The molecular formula is C12H13F5O2. The van der Waals surface area contributed by atoms with Crippen LogP contribution in [0.15, 0.2) is 0 Å². The SMILES string of the molecule is CCOC(Cc1c(F)c(F)c(F)c(F)c1F)OCC. The van der Waals surface area contributed by atoms with E-state index in [0.717, 1.165) is 0 Å². The van der Waals surface area contributed by atoms with E-state index in [1.165, 1.54) is 0 Å². The Morgan fingerprint density at radius 3 is 1.47 bits per heavy atom. The number of halogens is 5. The van der Waals surface area contributed by atoms with Gasteiger partial charge in [-0.05, 0) is 13.8 Å². The summed E-state index contributed by atoms with van der Waals surface area (Å²) in [5.74, 6) is -9.84. The van der Waals surface area contributed by atoms with Crippen molar-refractivity contribution in [2.75, 3.05) is 13.2 Å². The van der Waals surface area contributed by atoms with E-state index in [0.29, 0.717) is 0 Å². The van der Waals surface area contributed by atoms with E-state index in [9.17, 15) is 22.0 Å². The van der Waals surface area contributed by atoms with Gasteiger partial charge in [0.25, 0.3) is 0 Å². The lowest BCUT2D eigenvalue weighted by atomic mass is 10.1. The summed E-state index contributed by atoms with van der Waals surface area (Å²) in [6.07, 6.45) is -1.63. The van der Waals surface area contributed by atoms with Crippen molar-refractivity contribution in [3.8, 4) is 0 Å². The van der Waals surface area contributed by atoms with Gasteiger partial charge in [-0.15, -0.1) is 0 Å². The minimum Gasteiger partial charge on any atom is -0.353 e. The van der Waals surface area contributed by atoms with Crippen LogP contribution in [0, 0.1) is 29.1 Å². The summed E-state index contributed by atoms with van der Waals surface area (Å²) < 4.78 is 75.7. The first-order valence-corrected chi connectivity index (χ1v) is 5.67. The molecule has 0 N–H and O–H groups in total. The zero-order valence-electron chi connectivity index (χ0n) is 10.4. The van der Waals surface area contributed by atoms with E-state index in [-0.39, 0.29) is 13.2 Å². The maximum absolute atomic E-state index is 13.4. The van der Waals surface area contributed by atoms with Crippen molar-refractivity contribution in [2.45, 2.75) is 26.6 Å². The van der Waals surface area contributed by atoms with E-state index >= 15 is 0 Å². The molecule has 2 nitrogen and oxygen atoms in total. The Hall–Kier alpha value is -1.21. The lowest BCUT2D eigenvalue weighted by Gasteiger charge is -2.18. The van der Waals surface area contributed by atoms with Gasteiger partial charge in [-0.3, -0.25) is 0 Å². The van der Waals surface area contributed by atoms with Crippen molar-refractivity contribution in [1.82, 2.24) is 0 Å². The number of hydrogen-bond donors (Lipinski definition) is 0.